The molecular formula is C12H5F2N3O3. The summed E-state index contributed by atoms with van der Waals surface area (Å²) in [7, 11) is 0. The molecule has 0 aliphatic rings. The number of nitrogens with zero attached hydrogens (tertiary/aromatic N) is 3. The number of benzene rings is 1. The van der Waals surface area contributed by atoms with E-state index in [1.54, 1.807) is 6.07 Å². The largest absolute Gasteiger partial charge is 0.453 e. The molecule has 0 aliphatic carbocycles. The second kappa shape index (κ2) is 5.27. The summed E-state index contributed by atoms with van der Waals surface area (Å²) in [5.41, 5.74) is -0.847. The van der Waals surface area contributed by atoms with E-state index in [0.29, 0.717) is 12.1 Å². The molecule has 0 unspecified atom stereocenters. The van der Waals surface area contributed by atoms with Gasteiger partial charge in [0.2, 0.25) is 5.82 Å². The van der Waals surface area contributed by atoms with Crippen LogP contribution in [-0.2, 0) is 0 Å². The third-order valence-electron chi connectivity index (χ3n) is 2.28. The Labute approximate surface area is 111 Å². The van der Waals surface area contributed by atoms with Gasteiger partial charge in [-0.05, 0) is 12.1 Å². The molecule has 0 fully saturated rings. The van der Waals surface area contributed by atoms with Crippen molar-refractivity contribution in [3.8, 4) is 17.6 Å². The van der Waals surface area contributed by atoms with Gasteiger partial charge in [-0.15, -0.1) is 0 Å². The maximum absolute atomic E-state index is 13.6. The summed E-state index contributed by atoms with van der Waals surface area (Å²) in [6.07, 6.45) is 1.15. The van der Waals surface area contributed by atoms with Crippen molar-refractivity contribution in [2.24, 2.45) is 0 Å². The lowest BCUT2D eigenvalue weighted by Gasteiger charge is -2.06. The second-order valence-electron chi connectivity index (χ2n) is 3.58. The Hall–Kier alpha value is -3.08. The molecule has 2 rings (SSSR count). The summed E-state index contributed by atoms with van der Waals surface area (Å²) in [5.74, 6) is -2.74. The van der Waals surface area contributed by atoms with E-state index in [1.807, 2.05) is 0 Å². The summed E-state index contributed by atoms with van der Waals surface area (Å²) in [6, 6.07) is 5.46. The highest BCUT2D eigenvalue weighted by molar-refractivity contribution is 5.41. The number of aromatic nitrogens is 1. The smallest absolute Gasteiger partial charge is 0.307 e. The van der Waals surface area contributed by atoms with Crippen molar-refractivity contribution < 1.29 is 18.4 Å². The molecule has 2 aromatic rings. The molecule has 0 saturated carbocycles. The number of nitro groups is 1. The molecule has 1 heterocycles. The molecule has 0 atom stereocenters. The van der Waals surface area contributed by atoms with E-state index in [4.69, 9.17) is 10.00 Å². The zero-order valence-electron chi connectivity index (χ0n) is 9.71. The van der Waals surface area contributed by atoms with Gasteiger partial charge in [-0.25, -0.2) is 9.37 Å². The number of ether oxygens (including phenoxy) is 1. The molecule has 0 saturated heterocycles. The fraction of sp³-hybridized carbons (Fsp3) is 0. The number of halogens is 2. The van der Waals surface area contributed by atoms with Crippen LogP contribution in [0.15, 0.2) is 30.5 Å². The molecule has 0 aliphatic heterocycles. The van der Waals surface area contributed by atoms with Gasteiger partial charge in [-0.2, -0.15) is 9.65 Å². The Morgan fingerprint density at radius 1 is 1.30 bits per heavy atom. The lowest BCUT2D eigenvalue weighted by Crippen LogP contribution is -1.97. The van der Waals surface area contributed by atoms with Crippen molar-refractivity contribution in [1.29, 1.82) is 5.26 Å². The minimum atomic E-state index is -1.21. The van der Waals surface area contributed by atoms with Crippen molar-refractivity contribution in [3.05, 3.63) is 57.9 Å². The van der Waals surface area contributed by atoms with E-state index in [0.717, 1.165) is 6.20 Å². The highest BCUT2D eigenvalue weighted by Gasteiger charge is 2.19. The summed E-state index contributed by atoms with van der Waals surface area (Å²) in [4.78, 5) is 13.1. The molecule has 1 aromatic heterocycles. The van der Waals surface area contributed by atoms with Gasteiger partial charge in [-0.3, -0.25) is 10.1 Å². The van der Waals surface area contributed by atoms with E-state index < -0.39 is 28.0 Å². The fourth-order valence-electron chi connectivity index (χ4n) is 1.37. The van der Waals surface area contributed by atoms with Gasteiger partial charge >= 0.3 is 5.69 Å². The lowest BCUT2D eigenvalue weighted by atomic mass is 10.2. The Morgan fingerprint density at radius 2 is 2.05 bits per heavy atom. The van der Waals surface area contributed by atoms with Crippen LogP contribution >= 0.6 is 0 Å². The zero-order chi connectivity index (χ0) is 14.7. The standard InChI is InChI=1S/C12H5F2N3O3/c13-9-4-12(10(14)3-11(9)17(18)19)20-8-2-1-7(5-15)16-6-8/h1-4,6H. The molecule has 0 bridgehead atoms. The van der Waals surface area contributed by atoms with Crippen LogP contribution in [-0.4, -0.2) is 9.91 Å². The average Bonchev–Trinajstić information content (AvgIpc) is 2.43. The van der Waals surface area contributed by atoms with Crippen LogP contribution in [0, 0.1) is 33.1 Å². The van der Waals surface area contributed by atoms with Crippen LogP contribution in [0.25, 0.3) is 0 Å². The molecule has 8 heteroatoms. The van der Waals surface area contributed by atoms with Gasteiger partial charge in [0.15, 0.2) is 11.6 Å². The quantitative estimate of drug-likeness (QED) is 0.635. The molecule has 100 valence electrons. The van der Waals surface area contributed by atoms with Crippen LogP contribution in [0.3, 0.4) is 0 Å². The first-order chi connectivity index (χ1) is 9.51. The van der Waals surface area contributed by atoms with Crippen molar-refractivity contribution in [2.45, 2.75) is 0 Å². The minimum absolute atomic E-state index is 0.0659. The monoisotopic (exact) mass is 277 g/mol. The third-order valence-corrected chi connectivity index (χ3v) is 2.28. The average molecular weight is 277 g/mol. The molecule has 0 radical (unpaired) electrons. The molecule has 0 amide bonds. The van der Waals surface area contributed by atoms with Crippen LogP contribution in [0.1, 0.15) is 5.69 Å². The summed E-state index contributed by atoms with van der Waals surface area (Å²) in [5, 5.41) is 19.0. The normalized spacial score (nSPS) is 9.85. The van der Waals surface area contributed by atoms with Gasteiger partial charge < -0.3 is 4.74 Å². The summed E-state index contributed by atoms with van der Waals surface area (Å²) < 4.78 is 31.9. The second-order valence-corrected chi connectivity index (χ2v) is 3.58. The fourth-order valence-corrected chi connectivity index (χ4v) is 1.37. The van der Waals surface area contributed by atoms with Gasteiger partial charge in [0.25, 0.3) is 0 Å². The van der Waals surface area contributed by atoms with Crippen molar-refractivity contribution in [3.63, 3.8) is 0 Å². The van der Waals surface area contributed by atoms with Crippen LogP contribution in [0.5, 0.6) is 11.5 Å². The van der Waals surface area contributed by atoms with E-state index in [9.17, 15) is 18.9 Å². The molecule has 20 heavy (non-hydrogen) atoms. The molecular weight excluding hydrogens is 272 g/mol. The number of rotatable bonds is 3. The first kappa shape index (κ1) is 13.4. The summed E-state index contributed by atoms with van der Waals surface area (Å²) in [6.45, 7) is 0. The summed E-state index contributed by atoms with van der Waals surface area (Å²) >= 11 is 0. The molecule has 0 spiro atoms. The van der Waals surface area contributed by atoms with Gasteiger partial charge in [-0.1, -0.05) is 0 Å². The van der Waals surface area contributed by atoms with Gasteiger partial charge in [0.1, 0.15) is 17.5 Å². The number of nitro benzene ring substituents is 1. The zero-order valence-corrected chi connectivity index (χ0v) is 9.71. The van der Waals surface area contributed by atoms with Gasteiger partial charge in [0, 0.05) is 6.07 Å². The first-order valence-electron chi connectivity index (χ1n) is 5.18. The third kappa shape index (κ3) is 2.67. The van der Waals surface area contributed by atoms with Gasteiger partial charge in [0.05, 0.1) is 17.2 Å². The van der Waals surface area contributed by atoms with Crippen molar-refractivity contribution in [1.82, 2.24) is 4.98 Å². The Kier molecular flexibility index (Phi) is 3.52. The number of pyridine rings is 1. The van der Waals surface area contributed by atoms with E-state index in [-0.39, 0.29) is 11.4 Å². The van der Waals surface area contributed by atoms with Crippen molar-refractivity contribution in [2.75, 3.05) is 0 Å². The minimum Gasteiger partial charge on any atom is -0.453 e. The van der Waals surface area contributed by atoms with E-state index >= 15 is 0 Å². The Balaban J connectivity index is 2.31. The van der Waals surface area contributed by atoms with Crippen LogP contribution in [0.2, 0.25) is 0 Å². The molecule has 0 N–H and O–H groups in total. The maximum Gasteiger partial charge on any atom is 0.307 e. The Bertz CT molecular complexity index is 711. The van der Waals surface area contributed by atoms with Crippen LogP contribution < -0.4 is 4.74 Å². The van der Waals surface area contributed by atoms with E-state index in [1.165, 1.54) is 12.1 Å². The SMILES string of the molecule is N#Cc1ccc(Oc2cc(F)c([N+](=O)[O-])cc2F)cn1. The number of hydrogen-bond acceptors (Lipinski definition) is 5. The number of hydrogen-bond donors (Lipinski definition) is 0. The topological polar surface area (TPSA) is 89.0 Å². The molecule has 6 nitrogen and oxygen atoms in total. The van der Waals surface area contributed by atoms with E-state index in [2.05, 4.69) is 4.98 Å². The molecule has 1 aromatic carbocycles. The lowest BCUT2D eigenvalue weighted by molar-refractivity contribution is -0.387. The highest BCUT2D eigenvalue weighted by atomic mass is 19.1. The Morgan fingerprint density at radius 3 is 2.60 bits per heavy atom. The predicted octanol–water partition coefficient (Wildman–Crippen LogP) is 2.93. The number of nitriles is 1. The predicted molar refractivity (Wildman–Crippen MR) is 62.0 cm³/mol. The first-order valence-corrected chi connectivity index (χ1v) is 5.18. The maximum atomic E-state index is 13.6. The van der Waals surface area contributed by atoms with Crippen LogP contribution in [0.4, 0.5) is 14.5 Å². The highest BCUT2D eigenvalue weighted by Crippen LogP contribution is 2.29. The van der Waals surface area contributed by atoms with Crippen molar-refractivity contribution >= 4 is 5.69 Å².